The Morgan fingerprint density at radius 3 is 2.56 bits per heavy atom. The van der Waals surface area contributed by atoms with Gasteiger partial charge in [-0.25, -0.2) is 14.5 Å². The highest BCUT2D eigenvalue weighted by Crippen LogP contribution is 2.37. The number of benzene rings is 1. The van der Waals surface area contributed by atoms with Gasteiger partial charge in [-0.15, -0.1) is 4.98 Å². The van der Waals surface area contributed by atoms with E-state index in [-0.39, 0.29) is 16.8 Å². The highest BCUT2D eigenvalue weighted by Gasteiger charge is 2.23. The van der Waals surface area contributed by atoms with E-state index in [1.165, 1.54) is 12.4 Å². The molecule has 0 unspecified atom stereocenters. The van der Waals surface area contributed by atoms with Crippen molar-refractivity contribution >= 4 is 33.4 Å². The van der Waals surface area contributed by atoms with E-state index in [0.717, 1.165) is 17.3 Å². The minimum Gasteiger partial charge on any atom is -0.361 e. The molecule has 2 amide bonds. The molecular formula is C23H25N7O3S. The second kappa shape index (κ2) is 9.84. The highest BCUT2D eigenvalue weighted by atomic mass is 32.2. The van der Waals surface area contributed by atoms with Crippen molar-refractivity contribution in [3.8, 4) is 11.1 Å². The summed E-state index contributed by atoms with van der Waals surface area (Å²) in [4.78, 5) is 29.8. The van der Waals surface area contributed by atoms with Gasteiger partial charge in [-0.3, -0.25) is 4.98 Å². The van der Waals surface area contributed by atoms with E-state index in [2.05, 4.69) is 25.1 Å². The van der Waals surface area contributed by atoms with E-state index in [1.807, 2.05) is 37.6 Å². The summed E-state index contributed by atoms with van der Waals surface area (Å²) in [7, 11) is -0.877. The third-order valence-electron chi connectivity index (χ3n) is 4.91. The van der Waals surface area contributed by atoms with Gasteiger partial charge in [0.15, 0.2) is 5.03 Å². The van der Waals surface area contributed by atoms with Crippen LogP contribution in [0.5, 0.6) is 0 Å². The number of sulfonamides is 1. The van der Waals surface area contributed by atoms with Crippen LogP contribution in [0.3, 0.4) is 0 Å². The predicted molar refractivity (Wildman–Crippen MR) is 130 cm³/mol. The first kappa shape index (κ1) is 24.6. The summed E-state index contributed by atoms with van der Waals surface area (Å²) in [5.74, 6) is 0.567. The minimum atomic E-state index is -4.28. The van der Waals surface area contributed by atoms with E-state index < -0.39 is 16.1 Å². The van der Waals surface area contributed by atoms with Gasteiger partial charge in [0.05, 0.1) is 18.1 Å². The Morgan fingerprint density at radius 2 is 1.91 bits per heavy atom. The Hall–Kier alpha value is -4.04. The molecule has 0 aliphatic rings. The molecule has 11 heteroatoms. The molecule has 2 aromatic heterocycles. The summed E-state index contributed by atoms with van der Waals surface area (Å²) in [6.07, 6.45) is 4.01. The van der Waals surface area contributed by atoms with E-state index in [1.54, 1.807) is 31.1 Å². The van der Waals surface area contributed by atoms with Crippen molar-refractivity contribution in [2.45, 2.75) is 31.7 Å². The molecule has 10 nitrogen and oxygen atoms in total. The topological polar surface area (TPSA) is 122 Å². The highest BCUT2D eigenvalue weighted by molar-refractivity contribution is 7.90. The Kier molecular flexibility index (Phi) is 7.12. The van der Waals surface area contributed by atoms with Crippen LogP contribution < -0.4 is 14.9 Å². The Labute approximate surface area is 199 Å². The lowest BCUT2D eigenvalue weighted by atomic mass is 9.92. The molecule has 0 spiro atoms. The fraction of sp³-hybridized carbons (Fsp3) is 0.261. The second-order valence-corrected chi connectivity index (χ2v) is 9.74. The van der Waals surface area contributed by atoms with Gasteiger partial charge in [0, 0.05) is 19.7 Å². The van der Waals surface area contributed by atoms with Crippen LogP contribution in [0.4, 0.5) is 22.1 Å². The van der Waals surface area contributed by atoms with E-state index in [4.69, 9.17) is 6.57 Å². The molecule has 0 aliphatic carbocycles. The third kappa shape index (κ3) is 5.47. The van der Waals surface area contributed by atoms with Gasteiger partial charge in [-0.1, -0.05) is 32.0 Å². The molecule has 176 valence electrons. The van der Waals surface area contributed by atoms with Gasteiger partial charge in [-0.05, 0) is 42.2 Å². The van der Waals surface area contributed by atoms with Crippen LogP contribution in [0.1, 0.15) is 30.9 Å². The summed E-state index contributed by atoms with van der Waals surface area (Å²) >= 11 is 0. The largest absolute Gasteiger partial charge is 0.361 e. The van der Waals surface area contributed by atoms with Crippen LogP contribution >= 0.6 is 0 Å². The molecule has 0 fully saturated rings. The fourth-order valence-electron chi connectivity index (χ4n) is 3.28. The third-order valence-corrected chi connectivity index (χ3v) is 6.11. The van der Waals surface area contributed by atoms with Crippen LogP contribution in [0.2, 0.25) is 0 Å². The summed E-state index contributed by atoms with van der Waals surface area (Å²) in [6.45, 7) is 13.1. The van der Waals surface area contributed by atoms with Crippen molar-refractivity contribution in [3.63, 3.8) is 0 Å². The molecule has 0 bridgehead atoms. The lowest BCUT2D eigenvalue weighted by molar-refractivity contribution is 0.256. The Bertz CT molecular complexity index is 1380. The number of amides is 2. The molecule has 0 atom stereocenters. The molecule has 0 radical (unpaired) electrons. The Morgan fingerprint density at radius 1 is 1.18 bits per heavy atom. The van der Waals surface area contributed by atoms with Gasteiger partial charge >= 0.3 is 6.03 Å². The maximum Gasteiger partial charge on any atom is 0.333 e. The van der Waals surface area contributed by atoms with Crippen molar-refractivity contribution < 1.29 is 13.2 Å². The lowest BCUT2D eigenvalue weighted by Crippen LogP contribution is -2.35. The number of carbonyl (C=O) groups excluding carboxylic acids is 1. The van der Waals surface area contributed by atoms with Gasteiger partial charge in [-0.2, -0.15) is 8.42 Å². The number of rotatable bonds is 6. The molecule has 0 aliphatic heterocycles. The quantitative estimate of drug-likeness (QED) is 0.511. The molecule has 0 saturated carbocycles. The number of aromatic nitrogens is 3. The number of anilines is 2. The van der Waals surface area contributed by atoms with E-state index in [0.29, 0.717) is 22.6 Å². The van der Waals surface area contributed by atoms with Gasteiger partial charge in [0.25, 0.3) is 15.8 Å². The molecule has 2 N–H and O–H groups in total. The van der Waals surface area contributed by atoms with Gasteiger partial charge < -0.3 is 15.1 Å². The minimum absolute atomic E-state index is 0.0235. The summed E-state index contributed by atoms with van der Waals surface area (Å²) in [6, 6.07) is 6.21. The number of carbonyl (C=O) groups is 1. The van der Waals surface area contributed by atoms with Crippen LogP contribution in [-0.2, 0) is 10.0 Å². The average molecular weight is 480 g/mol. The van der Waals surface area contributed by atoms with Gasteiger partial charge in [0.1, 0.15) is 12.0 Å². The number of urea groups is 1. The predicted octanol–water partition coefficient (Wildman–Crippen LogP) is 4.10. The lowest BCUT2D eigenvalue weighted by Gasteiger charge is -2.20. The SMILES string of the molecule is [C-]#[N+]c1cc(-c2cc(C)cc(C(C)C)c2NC(=O)NS(=O)(=O)c2cncc(N(C)C)n2)ccn1. The summed E-state index contributed by atoms with van der Waals surface area (Å²) < 4.78 is 27.6. The standard InChI is InChI=1S/C23H25N7O3S/c1-14(2)17-9-15(3)10-18(16-7-8-26-19(11-16)24-4)22(17)28-23(31)29-34(32,33)21-13-25-12-20(27-21)30(5)6/h7-14H,1-3,5-6H3,(H2,28,29,31). The van der Waals surface area contributed by atoms with Crippen molar-refractivity contribution in [3.05, 3.63) is 65.4 Å². The Balaban J connectivity index is 2.00. The zero-order chi connectivity index (χ0) is 25.0. The summed E-state index contributed by atoms with van der Waals surface area (Å²) in [5, 5.41) is 2.32. The number of hydrogen-bond acceptors (Lipinski definition) is 7. The number of hydrogen-bond donors (Lipinski definition) is 2. The molecule has 1 aromatic carbocycles. The monoisotopic (exact) mass is 479 g/mol. The average Bonchev–Trinajstić information content (AvgIpc) is 2.79. The number of pyridine rings is 1. The zero-order valence-electron chi connectivity index (χ0n) is 19.5. The second-order valence-electron chi connectivity index (χ2n) is 8.12. The first-order valence-electron chi connectivity index (χ1n) is 10.3. The maximum atomic E-state index is 12.9. The van der Waals surface area contributed by atoms with Crippen LogP contribution in [0.25, 0.3) is 16.0 Å². The first-order chi connectivity index (χ1) is 16.0. The van der Waals surface area contributed by atoms with E-state index in [9.17, 15) is 13.2 Å². The summed E-state index contributed by atoms with van der Waals surface area (Å²) in [5.41, 5.74) is 3.54. The van der Waals surface area contributed by atoms with Crippen LogP contribution in [0.15, 0.2) is 47.9 Å². The molecule has 3 rings (SSSR count). The van der Waals surface area contributed by atoms with Crippen molar-refractivity contribution in [2.24, 2.45) is 0 Å². The molecule has 3 aromatic rings. The van der Waals surface area contributed by atoms with Crippen molar-refractivity contribution in [1.29, 1.82) is 0 Å². The molecular weight excluding hydrogens is 454 g/mol. The zero-order valence-corrected chi connectivity index (χ0v) is 20.3. The molecule has 0 saturated heterocycles. The van der Waals surface area contributed by atoms with Gasteiger partial charge in [0.2, 0.25) is 0 Å². The van der Waals surface area contributed by atoms with Crippen LogP contribution in [0, 0.1) is 13.5 Å². The maximum absolute atomic E-state index is 12.9. The number of nitrogens with zero attached hydrogens (tertiary/aromatic N) is 5. The van der Waals surface area contributed by atoms with E-state index >= 15 is 0 Å². The van der Waals surface area contributed by atoms with Crippen molar-refractivity contribution in [2.75, 3.05) is 24.3 Å². The number of nitrogens with one attached hydrogen (secondary N) is 2. The number of aryl methyl sites for hydroxylation is 1. The smallest absolute Gasteiger partial charge is 0.333 e. The molecule has 34 heavy (non-hydrogen) atoms. The first-order valence-corrected chi connectivity index (χ1v) is 11.8. The normalized spacial score (nSPS) is 11.1. The molecule has 2 heterocycles. The van der Waals surface area contributed by atoms with Crippen molar-refractivity contribution in [1.82, 2.24) is 19.7 Å². The van der Waals surface area contributed by atoms with Crippen LogP contribution in [-0.4, -0.2) is 43.5 Å². The fourth-order valence-corrected chi connectivity index (χ4v) is 4.09.